The van der Waals surface area contributed by atoms with Crippen molar-refractivity contribution < 1.29 is 0 Å². The molecule has 1 aliphatic carbocycles. The van der Waals surface area contributed by atoms with Crippen molar-refractivity contribution in [2.24, 2.45) is 5.84 Å². The number of rotatable bonds is 3. The Bertz CT molecular complexity index is 440. The van der Waals surface area contributed by atoms with E-state index in [2.05, 4.69) is 52.6 Å². The molecule has 18 heavy (non-hydrogen) atoms. The molecule has 1 atom stereocenters. The fourth-order valence-electron chi connectivity index (χ4n) is 2.56. The number of halogens is 1. The molecule has 3 heteroatoms. The van der Waals surface area contributed by atoms with E-state index in [-0.39, 0.29) is 6.04 Å². The van der Waals surface area contributed by atoms with E-state index in [0.29, 0.717) is 0 Å². The molecule has 98 valence electrons. The fraction of sp³-hybridized carbons (Fsp3) is 0.467. The predicted octanol–water partition coefficient (Wildman–Crippen LogP) is 4.15. The first kappa shape index (κ1) is 13.8. The minimum absolute atomic E-state index is 0.137. The minimum Gasteiger partial charge on any atom is -0.271 e. The number of hydrogen-bond donors (Lipinski definition) is 2. The summed E-state index contributed by atoms with van der Waals surface area (Å²) >= 11 is 3.65. The molecule has 0 heterocycles. The Balaban J connectivity index is 2.29. The third-order valence-corrected chi connectivity index (χ3v) is 4.27. The van der Waals surface area contributed by atoms with Crippen molar-refractivity contribution in [1.29, 1.82) is 0 Å². The number of nitrogens with one attached hydrogen (secondary N) is 1. The highest BCUT2D eigenvalue weighted by molar-refractivity contribution is 9.10. The molecule has 0 aromatic heterocycles. The third kappa shape index (κ3) is 3.22. The maximum atomic E-state index is 5.78. The molecular weight excluding hydrogens is 288 g/mol. The summed E-state index contributed by atoms with van der Waals surface area (Å²) in [5.41, 5.74) is 6.90. The monoisotopic (exact) mass is 308 g/mol. The fourth-order valence-corrected chi connectivity index (χ4v) is 3.29. The van der Waals surface area contributed by atoms with Gasteiger partial charge < -0.3 is 0 Å². The summed E-state index contributed by atoms with van der Waals surface area (Å²) < 4.78 is 1.13. The Kier molecular flexibility index (Phi) is 4.98. The molecule has 0 saturated heterocycles. The van der Waals surface area contributed by atoms with Gasteiger partial charge in [0.15, 0.2) is 0 Å². The molecule has 0 amide bonds. The maximum absolute atomic E-state index is 5.78. The van der Waals surface area contributed by atoms with E-state index in [4.69, 9.17) is 5.84 Å². The van der Waals surface area contributed by atoms with Crippen molar-refractivity contribution in [2.75, 3.05) is 0 Å². The highest BCUT2D eigenvalue weighted by atomic mass is 79.9. The SMILES string of the molecule is Cc1ccc(C(NN)C2=CCCCCC2)c(Br)c1. The van der Waals surface area contributed by atoms with Crippen LogP contribution in [0.4, 0.5) is 0 Å². The van der Waals surface area contributed by atoms with E-state index in [1.807, 2.05) is 0 Å². The van der Waals surface area contributed by atoms with Gasteiger partial charge in [-0.25, -0.2) is 5.43 Å². The number of aryl methyl sites for hydroxylation is 1. The van der Waals surface area contributed by atoms with Gasteiger partial charge in [0.2, 0.25) is 0 Å². The summed E-state index contributed by atoms with van der Waals surface area (Å²) in [4.78, 5) is 0. The molecule has 1 aromatic carbocycles. The largest absolute Gasteiger partial charge is 0.271 e. The van der Waals surface area contributed by atoms with Crippen LogP contribution in [0.1, 0.15) is 49.3 Å². The van der Waals surface area contributed by atoms with Crippen LogP contribution in [-0.4, -0.2) is 0 Å². The molecule has 1 aromatic rings. The molecular formula is C15H21BrN2. The van der Waals surface area contributed by atoms with Crippen LogP contribution in [0.3, 0.4) is 0 Å². The van der Waals surface area contributed by atoms with Gasteiger partial charge >= 0.3 is 0 Å². The highest BCUT2D eigenvalue weighted by Crippen LogP contribution is 2.33. The summed E-state index contributed by atoms with van der Waals surface area (Å²) in [5, 5.41) is 0. The standard InChI is InChI=1S/C15H21BrN2/c1-11-8-9-13(14(16)10-11)15(18-17)12-6-4-2-3-5-7-12/h6,8-10,15,18H,2-5,7,17H2,1H3. The number of hydrazine groups is 1. The van der Waals surface area contributed by atoms with Gasteiger partial charge in [-0.2, -0.15) is 0 Å². The molecule has 1 unspecified atom stereocenters. The predicted molar refractivity (Wildman–Crippen MR) is 80.1 cm³/mol. The number of allylic oxidation sites excluding steroid dienone is 1. The summed E-state index contributed by atoms with van der Waals surface area (Å²) in [6.45, 7) is 2.10. The van der Waals surface area contributed by atoms with Crippen molar-refractivity contribution in [3.05, 3.63) is 45.4 Å². The normalized spacial score (nSPS) is 18.1. The van der Waals surface area contributed by atoms with Crippen LogP contribution in [0.5, 0.6) is 0 Å². The Morgan fingerprint density at radius 3 is 2.83 bits per heavy atom. The van der Waals surface area contributed by atoms with Gasteiger partial charge in [0.25, 0.3) is 0 Å². The van der Waals surface area contributed by atoms with Crippen LogP contribution in [0.2, 0.25) is 0 Å². The first-order chi connectivity index (χ1) is 8.72. The molecule has 2 rings (SSSR count). The Labute approximate surface area is 118 Å². The van der Waals surface area contributed by atoms with Crippen molar-refractivity contribution in [3.8, 4) is 0 Å². The van der Waals surface area contributed by atoms with Crippen LogP contribution in [0.15, 0.2) is 34.3 Å². The lowest BCUT2D eigenvalue weighted by molar-refractivity contribution is 0.591. The van der Waals surface area contributed by atoms with E-state index in [1.165, 1.54) is 42.4 Å². The summed E-state index contributed by atoms with van der Waals surface area (Å²) in [6, 6.07) is 6.59. The van der Waals surface area contributed by atoms with E-state index < -0.39 is 0 Å². The van der Waals surface area contributed by atoms with Gasteiger partial charge in [0, 0.05) is 4.47 Å². The Morgan fingerprint density at radius 2 is 2.11 bits per heavy atom. The first-order valence-corrected chi connectivity index (χ1v) is 7.43. The molecule has 1 aliphatic rings. The maximum Gasteiger partial charge on any atom is 0.0681 e. The van der Waals surface area contributed by atoms with Crippen LogP contribution in [-0.2, 0) is 0 Å². The topological polar surface area (TPSA) is 38.0 Å². The van der Waals surface area contributed by atoms with Gasteiger partial charge in [0.05, 0.1) is 6.04 Å². The lowest BCUT2D eigenvalue weighted by atomic mass is 9.95. The quantitative estimate of drug-likeness (QED) is 0.500. The number of benzene rings is 1. The molecule has 3 N–H and O–H groups in total. The second kappa shape index (κ2) is 6.50. The van der Waals surface area contributed by atoms with Crippen LogP contribution in [0, 0.1) is 6.92 Å². The van der Waals surface area contributed by atoms with E-state index in [0.717, 1.165) is 10.9 Å². The van der Waals surface area contributed by atoms with E-state index in [1.54, 1.807) is 0 Å². The highest BCUT2D eigenvalue weighted by Gasteiger charge is 2.18. The molecule has 0 fully saturated rings. The summed E-state index contributed by atoms with van der Waals surface area (Å²) in [5.74, 6) is 5.78. The van der Waals surface area contributed by atoms with Crippen molar-refractivity contribution in [3.63, 3.8) is 0 Å². The molecule has 2 nitrogen and oxygen atoms in total. The Hall–Kier alpha value is -0.640. The number of hydrogen-bond acceptors (Lipinski definition) is 2. The average molecular weight is 309 g/mol. The van der Waals surface area contributed by atoms with Crippen LogP contribution in [0.25, 0.3) is 0 Å². The molecule has 0 saturated carbocycles. The Morgan fingerprint density at radius 1 is 1.28 bits per heavy atom. The van der Waals surface area contributed by atoms with Gasteiger partial charge in [-0.1, -0.05) is 46.1 Å². The van der Waals surface area contributed by atoms with Gasteiger partial charge in [-0.05, 0) is 49.8 Å². The third-order valence-electron chi connectivity index (χ3n) is 3.58. The van der Waals surface area contributed by atoms with Gasteiger partial charge in [-0.3, -0.25) is 5.84 Å². The zero-order chi connectivity index (χ0) is 13.0. The zero-order valence-electron chi connectivity index (χ0n) is 10.9. The lowest BCUT2D eigenvalue weighted by Gasteiger charge is -2.21. The van der Waals surface area contributed by atoms with Crippen molar-refractivity contribution in [1.82, 2.24) is 5.43 Å². The van der Waals surface area contributed by atoms with Crippen LogP contribution >= 0.6 is 15.9 Å². The van der Waals surface area contributed by atoms with Crippen molar-refractivity contribution >= 4 is 15.9 Å². The van der Waals surface area contributed by atoms with Crippen LogP contribution < -0.4 is 11.3 Å². The average Bonchev–Trinajstić information content (AvgIpc) is 2.62. The summed E-state index contributed by atoms with van der Waals surface area (Å²) in [6.07, 6.45) is 8.59. The van der Waals surface area contributed by atoms with Crippen molar-refractivity contribution in [2.45, 2.75) is 45.1 Å². The molecule has 0 bridgehead atoms. The molecule has 0 aliphatic heterocycles. The zero-order valence-corrected chi connectivity index (χ0v) is 12.5. The molecule has 0 radical (unpaired) electrons. The van der Waals surface area contributed by atoms with E-state index in [9.17, 15) is 0 Å². The van der Waals surface area contributed by atoms with Gasteiger partial charge in [0.1, 0.15) is 0 Å². The second-order valence-corrected chi connectivity index (χ2v) is 5.86. The first-order valence-electron chi connectivity index (χ1n) is 6.63. The van der Waals surface area contributed by atoms with Gasteiger partial charge in [-0.15, -0.1) is 0 Å². The smallest absolute Gasteiger partial charge is 0.0681 e. The summed E-state index contributed by atoms with van der Waals surface area (Å²) in [7, 11) is 0. The number of nitrogens with two attached hydrogens (primary N) is 1. The molecule has 0 spiro atoms. The lowest BCUT2D eigenvalue weighted by Crippen LogP contribution is -2.29. The second-order valence-electron chi connectivity index (χ2n) is 5.00. The van der Waals surface area contributed by atoms with E-state index >= 15 is 0 Å². The minimum atomic E-state index is 0.137.